The van der Waals surface area contributed by atoms with Crippen LogP contribution in [0.25, 0.3) is 0 Å². The molecule has 0 bridgehead atoms. The number of hydrogen-bond acceptors (Lipinski definition) is 3. The molecule has 2 rings (SSSR count). The maximum atomic E-state index is 12.1. The van der Waals surface area contributed by atoms with Gasteiger partial charge in [-0.3, -0.25) is 9.48 Å². The topological polar surface area (TPSA) is 72.9 Å². The number of nitrogens with zero attached hydrogens (tertiary/aromatic N) is 2. The monoisotopic (exact) mass is 258 g/mol. The smallest absolute Gasteiger partial charge is 0.271 e. The number of aromatic nitrogens is 2. The zero-order valence-electron chi connectivity index (χ0n) is 11.2. The summed E-state index contributed by atoms with van der Waals surface area (Å²) in [6, 6.07) is 8.06. The van der Waals surface area contributed by atoms with Gasteiger partial charge in [0.05, 0.1) is 11.9 Å². The Morgan fingerprint density at radius 1 is 1.37 bits per heavy atom. The highest BCUT2D eigenvalue weighted by Gasteiger charge is 2.14. The summed E-state index contributed by atoms with van der Waals surface area (Å²) < 4.78 is 1.48. The van der Waals surface area contributed by atoms with E-state index in [9.17, 15) is 4.79 Å². The Morgan fingerprint density at radius 2 is 2.05 bits per heavy atom. The molecule has 0 saturated heterocycles. The van der Waals surface area contributed by atoms with E-state index in [1.165, 1.54) is 16.4 Å². The third-order valence-electron chi connectivity index (χ3n) is 3.12. The average molecular weight is 258 g/mol. The highest BCUT2D eigenvalue weighted by Crippen LogP contribution is 2.11. The van der Waals surface area contributed by atoms with Gasteiger partial charge < -0.3 is 11.1 Å². The summed E-state index contributed by atoms with van der Waals surface area (Å²) in [5, 5.41) is 6.83. The number of aryl methyl sites for hydroxylation is 2. The molecule has 3 N–H and O–H groups in total. The summed E-state index contributed by atoms with van der Waals surface area (Å²) >= 11 is 0. The number of nitrogens with two attached hydrogens (primary N) is 1. The van der Waals surface area contributed by atoms with Gasteiger partial charge in [-0.2, -0.15) is 5.10 Å². The molecule has 1 aromatic carbocycles. The van der Waals surface area contributed by atoms with Gasteiger partial charge in [-0.05, 0) is 17.5 Å². The van der Waals surface area contributed by atoms with Crippen LogP contribution in [-0.4, -0.2) is 15.7 Å². The van der Waals surface area contributed by atoms with Gasteiger partial charge in [0, 0.05) is 13.6 Å². The van der Waals surface area contributed by atoms with Crippen molar-refractivity contribution < 1.29 is 4.79 Å². The molecule has 0 aliphatic heterocycles. The molecule has 2 aromatic rings. The van der Waals surface area contributed by atoms with Crippen LogP contribution in [0.3, 0.4) is 0 Å². The fourth-order valence-corrected chi connectivity index (χ4v) is 2.07. The third-order valence-corrected chi connectivity index (χ3v) is 3.12. The first kappa shape index (κ1) is 13.1. The summed E-state index contributed by atoms with van der Waals surface area (Å²) in [6.45, 7) is 2.59. The standard InChI is InChI=1S/C14H18N4O/c1-3-10-6-4-5-7-11(10)8-16-14(19)13-12(15)9-17-18(13)2/h4-7,9H,3,8,15H2,1-2H3,(H,16,19). The minimum absolute atomic E-state index is 0.205. The minimum Gasteiger partial charge on any atom is -0.396 e. The van der Waals surface area contributed by atoms with E-state index in [4.69, 9.17) is 5.73 Å². The van der Waals surface area contributed by atoms with Gasteiger partial charge in [0.15, 0.2) is 0 Å². The van der Waals surface area contributed by atoms with Crippen LogP contribution in [0, 0.1) is 0 Å². The summed E-state index contributed by atoms with van der Waals surface area (Å²) in [4.78, 5) is 12.1. The van der Waals surface area contributed by atoms with E-state index in [1.807, 2.05) is 18.2 Å². The van der Waals surface area contributed by atoms with E-state index in [-0.39, 0.29) is 5.91 Å². The maximum Gasteiger partial charge on any atom is 0.271 e. The van der Waals surface area contributed by atoms with Crippen LogP contribution in [0.5, 0.6) is 0 Å². The van der Waals surface area contributed by atoms with Gasteiger partial charge in [0.1, 0.15) is 5.69 Å². The predicted molar refractivity (Wildman–Crippen MR) is 74.6 cm³/mol. The van der Waals surface area contributed by atoms with E-state index in [0.717, 1.165) is 12.0 Å². The van der Waals surface area contributed by atoms with Crippen molar-refractivity contribution in [1.29, 1.82) is 0 Å². The molecular formula is C14H18N4O. The number of benzene rings is 1. The van der Waals surface area contributed by atoms with Crippen molar-refractivity contribution in [2.75, 3.05) is 5.73 Å². The second kappa shape index (κ2) is 5.56. The van der Waals surface area contributed by atoms with Crippen molar-refractivity contribution in [3.05, 3.63) is 47.3 Å². The lowest BCUT2D eigenvalue weighted by Gasteiger charge is -2.09. The number of nitrogens with one attached hydrogen (secondary N) is 1. The Hall–Kier alpha value is -2.30. The molecule has 0 aliphatic carbocycles. The molecule has 19 heavy (non-hydrogen) atoms. The predicted octanol–water partition coefficient (Wildman–Crippen LogP) is 1.49. The SMILES string of the molecule is CCc1ccccc1CNC(=O)c1c(N)cnn1C. The molecule has 5 heteroatoms. The van der Waals surface area contributed by atoms with E-state index in [2.05, 4.69) is 23.4 Å². The molecule has 0 unspecified atom stereocenters. The molecule has 0 radical (unpaired) electrons. The molecule has 0 spiro atoms. The third kappa shape index (κ3) is 2.76. The molecule has 1 aromatic heterocycles. The van der Waals surface area contributed by atoms with Crippen molar-refractivity contribution in [3.8, 4) is 0 Å². The minimum atomic E-state index is -0.205. The van der Waals surface area contributed by atoms with Crippen LogP contribution in [0.15, 0.2) is 30.5 Å². The number of amides is 1. The first-order valence-electron chi connectivity index (χ1n) is 6.26. The molecular weight excluding hydrogens is 240 g/mol. The van der Waals surface area contributed by atoms with Crippen LogP contribution in [0.2, 0.25) is 0 Å². The Morgan fingerprint density at radius 3 is 2.63 bits per heavy atom. The van der Waals surface area contributed by atoms with Crippen LogP contribution < -0.4 is 11.1 Å². The summed E-state index contributed by atoms with van der Waals surface area (Å²) in [7, 11) is 1.70. The molecule has 5 nitrogen and oxygen atoms in total. The maximum absolute atomic E-state index is 12.1. The fraction of sp³-hybridized carbons (Fsp3) is 0.286. The fourth-order valence-electron chi connectivity index (χ4n) is 2.07. The quantitative estimate of drug-likeness (QED) is 0.872. The average Bonchev–Trinajstić information content (AvgIpc) is 2.76. The van der Waals surface area contributed by atoms with Crippen molar-refractivity contribution in [2.45, 2.75) is 19.9 Å². The first-order chi connectivity index (χ1) is 9.13. The van der Waals surface area contributed by atoms with Gasteiger partial charge in [-0.15, -0.1) is 0 Å². The Labute approximate surface area is 112 Å². The Bertz CT molecular complexity index is 569. The number of nitrogen functional groups attached to an aromatic ring is 1. The van der Waals surface area contributed by atoms with Crippen molar-refractivity contribution in [1.82, 2.24) is 15.1 Å². The highest BCUT2D eigenvalue weighted by molar-refractivity contribution is 5.97. The second-order valence-corrected chi connectivity index (χ2v) is 4.38. The van der Waals surface area contributed by atoms with Gasteiger partial charge in [0.2, 0.25) is 0 Å². The zero-order chi connectivity index (χ0) is 13.8. The summed E-state index contributed by atoms with van der Waals surface area (Å²) in [5.74, 6) is -0.205. The van der Waals surface area contributed by atoms with Crippen molar-refractivity contribution in [2.24, 2.45) is 7.05 Å². The van der Waals surface area contributed by atoms with Gasteiger partial charge >= 0.3 is 0 Å². The van der Waals surface area contributed by atoms with Crippen molar-refractivity contribution in [3.63, 3.8) is 0 Å². The number of hydrogen-bond donors (Lipinski definition) is 2. The lowest BCUT2D eigenvalue weighted by molar-refractivity contribution is 0.0942. The van der Waals surface area contributed by atoms with Crippen LogP contribution in [0.4, 0.5) is 5.69 Å². The largest absolute Gasteiger partial charge is 0.396 e. The van der Waals surface area contributed by atoms with E-state index in [0.29, 0.717) is 17.9 Å². The number of rotatable bonds is 4. The van der Waals surface area contributed by atoms with Gasteiger partial charge in [0.25, 0.3) is 5.91 Å². The Balaban J connectivity index is 2.09. The number of carbonyl (C=O) groups excluding carboxylic acids is 1. The van der Waals surface area contributed by atoms with Crippen LogP contribution >= 0.6 is 0 Å². The van der Waals surface area contributed by atoms with Gasteiger partial charge in [-0.1, -0.05) is 31.2 Å². The van der Waals surface area contributed by atoms with E-state index < -0.39 is 0 Å². The van der Waals surface area contributed by atoms with Crippen molar-refractivity contribution >= 4 is 11.6 Å². The summed E-state index contributed by atoms with van der Waals surface area (Å²) in [5.41, 5.74) is 8.87. The molecule has 1 amide bonds. The normalized spacial score (nSPS) is 10.4. The van der Waals surface area contributed by atoms with Crippen LogP contribution in [-0.2, 0) is 20.0 Å². The second-order valence-electron chi connectivity index (χ2n) is 4.38. The zero-order valence-corrected chi connectivity index (χ0v) is 11.2. The van der Waals surface area contributed by atoms with E-state index in [1.54, 1.807) is 7.05 Å². The molecule has 0 atom stereocenters. The van der Waals surface area contributed by atoms with E-state index >= 15 is 0 Å². The number of anilines is 1. The Kier molecular flexibility index (Phi) is 3.85. The van der Waals surface area contributed by atoms with Gasteiger partial charge in [-0.25, -0.2) is 0 Å². The number of carbonyl (C=O) groups is 1. The molecule has 0 fully saturated rings. The summed E-state index contributed by atoms with van der Waals surface area (Å²) in [6.07, 6.45) is 2.43. The lowest BCUT2D eigenvalue weighted by Crippen LogP contribution is -2.26. The molecule has 1 heterocycles. The first-order valence-corrected chi connectivity index (χ1v) is 6.26. The highest BCUT2D eigenvalue weighted by atomic mass is 16.2. The van der Waals surface area contributed by atoms with Crippen LogP contribution in [0.1, 0.15) is 28.5 Å². The molecule has 0 saturated carbocycles. The molecule has 0 aliphatic rings. The lowest BCUT2D eigenvalue weighted by atomic mass is 10.1. The molecule has 100 valence electrons.